The zero-order valence-corrected chi connectivity index (χ0v) is 8.35. The molecular weight excluding hydrogens is 199 g/mol. The summed E-state index contributed by atoms with van der Waals surface area (Å²) in [6, 6.07) is 0. The van der Waals surface area contributed by atoms with Gasteiger partial charge in [-0.25, -0.2) is 0 Å². The maximum absolute atomic E-state index is 0. The Bertz CT molecular complexity index is 10.8. The van der Waals surface area contributed by atoms with Crippen LogP contribution in [0.1, 0.15) is 0 Å². The van der Waals surface area contributed by atoms with Crippen LogP contribution in [0.4, 0.5) is 0 Å². The van der Waals surface area contributed by atoms with Gasteiger partial charge in [0.15, 0.2) is 0 Å². The van der Waals surface area contributed by atoms with Crippen LogP contribution < -0.4 is 66.8 Å². The van der Waals surface area contributed by atoms with Gasteiger partial charge in [-0.2, -0.15) is 0 Å². The standard InChI is InChI=1S/B.3ClH.Co.Na/h;3*1H;;/q;;;;+2;+1/p-3. The SMILES string of the molecule is [B].[Cl-].[Cl-].[Cl-].[Co+2].[Na+]. The van der Waals surface area contributed by atoms with Gasteiger partial charge in [-0.15, -0.1) is 0 Å². The van der Waals surface area contributed by atoms with Crippen LogP contribution in [0.25, 0.3) is 0 Å². The molecule has 0 aromatic carbocycles. The smallest absolute Gasteiger partial charge is 1.00 e. The summed E-state index contributed by atoms with van der Waals surface area (Å²) in [5.41, 5.74) is 0. The molecule has 0 aliphatic rings. The van der Waals surface area contributed by atoms with Crippen molar-refractivity contribution < 1.29 is 83.6 Å². The van der Waals surface area contributed by atoms with E-state index < -0.39 is 0 Å². The first kappa shape index (κ1) is 78.4. The van der Waals surface area contributed by atoms with E-state index in [1.54, 1.807) is 0 Å². The largest absolute Gasteiger partial charge is 2.00 e. The van der Waals surface area contributed by atoms with Gasteiger partial charge in [0.05, 0.1) is 0 Å². The van der Waals surface area contributed by atoms with E-state index >= 15 is 0 Å². The molecule has 0 rings (SSSR count). The van der Waals surface area contributed by atoms with E-state index in [4.69, 9.17) is 0 Å². The molecule has 0 unspecified atom stereocenters. The fourth-order valence-corrected chi connectivity index (χ4v) is 0. The van der Waals surface area contributed by atoms with Gasteiger partial charge in [0.2, 0.25) is 0 Å². The molecule has 0 spiro atoms. The zero-order valence-electron chi connectivity index (χ0n) is 3.04. The van der Waals surface area contributed by atoms with Gasteiger partial charge in [-0.1, -0.05) is 0 Å². The number of halogens is 3. The molecule has 0 fully saturated rings. The molecular formula is BCl3CoNa. The van der Waals surface area contributed by atoms with E-state index in [9.17, 15) is 0 Å². The molecule has 4 radical (unpaired) electrons. The van der Waals surface area contributed by atoms with Crippen LogP contribution in [0, 0.1) is 0 Å². The predicted molar refractivity (Wildman–Crippen MR) is 5.75 cm³/mol. The van der Waals surface area contributed by atoms with E-state index in [0.29, 0.717) is 0 Å². The second kappa shape index (κ2) is 51.8. The van der Waals surface area contributed by atoms with Crippen molar-refractivity contribution >= 4 is 8.41 Å². The Morgan fingerprint density at radius 3 is 0.667 bits per heavy atom. The van der Waals surface area contributed by atoms with Crippen LogP contribution in [0.2, 0.25) is 0 Å². The molecule has 0 saturated heterocycles. The maximum atomic E-state index is 0. The van der Waals surface area contributed by atoms with Gasteiger partial charge in [0.1, 0.15) is 0 Å². The van der Waals surface area contributed by atoms with Crippen LogP contribution in [-0.2, 0) is 16.8 Å². The number of hydrogen-bond donors (Lipinski definition) is 0. The van der Waals surface area contributed by atoms with E-state index in [-0.39, 0.29) is 92.0 Å². The minimum atomic E-state index is 0. The normalized spacial score (nSPS) is 0. The summed E-state index contributed by atoms with van der Waals surface area (Å²) in [7, 11) is 0. The Morgan fingerprint density at radius 2 is 0.667 bits per heavy atom. The van der Waals surface area contributed by atoms with Gasteiger partial charge in [-0.3, -0.25) is 0 Å². The Morgan fingerprint density at radius 1 is 0.667 bits per heavy atom. The molecule has 0 aliphatic heterocycles. The molecule has 0 saturated carbocycles. The zero-order chi connectivity index (χ0) is 0. The van der Waals surface area contributed by atoms with Crippen molar-refractivity contribution in [1.82, 2.24) is 0 Å². The van der Waals surface area contributed by atoms with Gasteiger partial charge in [-0.05, 0) is 0 Å². The third-order valence-corrected chi connectivity index (χ3v) is 0. The molecule has 6 heavy (non-hydrogen) atoms. The van der Waals surface area contributed by atoms with Crippen LogP contribution in [-0.4, -0.2) is 8.41 Å². The van der Waals surface area contributed by atoms with Crippen LogP contribution in [0.15, 0.2) is 0 Å². The first-order valence-corrected chi connectivity index (χ1v) is 0. The summed E-state index contributed by atoms with van der Waals surface area (Å²) in [4.78, 5) is 0. The molecule has 0 bridgehead atoms. The second-order valence-electron chi connectivity index (χ2n) is 0. The summed E-state index contributed by atoms with van der Waals surface area (Å²) < 4.78 is 0. The van der Waals surface area contributed by atoms with E-state index in [1.165, 1.54) is 0 Å². The molecule has 0 aromatic heterocycles. The first-order valence-electron chi connectivity index (χ1n) is 0. The van der Waals surface area contributed by atoms with Gasteiger partial charge < -0.3 is 37.2 Å². The quantitative estimate of drug-likeness (QED) is 0.340. The Kier molecular flexibility index (Phi) is 677. The molecule has 0 amide bonds. The Hall–Kier alpha value is 2.44. The predicted octanol–water partition coefficient (Wildman–Crippen LogP) is -12.4. The van der Waals surface area contributed by atoms with Crippen molar-refractivity contribution in [3.8, 4) is 0 Å². The van der Waals surface area contributed by atoms with Crippen molar-refractivity contribution in [1.29, 1.82) is 0 Å². The third kappa shape index (κ3) is 32.0. The van der Waals surface area contributed by atoms with Crippen molar-refractivity contribution in [2.24, 2.45) is 0 Å². The average molecular weight is 199 g/mol. The van der Waals surface area contributed by atoms with Crippen LogP contribution in [0.5, 0.6) is 0 Å². The van der Waals surface area contributed by atoms with Crippen LogP contribution >= 0.6 is 0 Å². The minimum absolute atomic E-state index is 0. The average Bonchev–Trinajstić information content (AvgIpc) is 0. The summed E-state index contributed by atoms with van der Waals surface area (Å²) >= 11 is 0. The first-order chi connectivity index (χ1) is 0. The summed E-state index contributed by atoms with van der Waals surface area (Å²) in [5, 5.41) is 0. The summed E-state index contributed by atoms with van der Waals surface area (Å²) in [6.45, 7) is 0. The van der Waals surface area contributed by atoms with E-state index in [0.717, 1.165) is 0 Å². The molecule has 0 N–H and O–H groups in total. The molecule has 0 heterocycles. The topological polar surface area (TPSA) is 0 Å². The van der Waals surface area contributed by atoms with Crippen molar-refractivity contribution in [3.05, 3.63) is 0 Å². The second-order valence-corrected chi connectivity index (χ2v) is 0. The fraction of sp³-hybridized carbons (Fsp3) is 0. The van der Waals surface area contributed by atoms with E-state index in [2.05, 4.69) is 0 Å². The van der Waals surface area contributed by atoms with Crippen molar-refractivity contribution in [2.45, 2.75) is 0 Å². The molecule has 6 heteroatoms. The molecule has 34 valence electrons. The molecule has 0 atom stereocenters. The van der Waals surface area contributed by atoms with Gasteiger partial charge >= 0.3 is 46.3 Å². The fourth-order valence-electron chi connectivity index (χ4n) is 0. The summed E-state index contributed by atoms with van der Waals surface area (Å²) in [6.07, 6.45) is 0. The van der Waals surface area contributed by atoms with Crippen molar-refractivity contribution in [3.63, 3.8) is 0 Å². The minimum Gasteiger partial charge on any atom is -1.00 e. The number of rotatable bonds is 0. The molecule has 0 aliphatic carbocycles. The van der Waals surface area contributed by atoms with Gasteiger partial charge in [0.25, 0.3) is 0 Å². The van der Waals surface area contributed by atoms with E-state index in [1.807, 2.05) is 0 Å². The Labute approximate surface area is 90.9 Å². The summed E-state index contributed by atoms with van der Waals surface area (Å²) in [5.74, 6) is 0. The molecule has 0 aromatic rings. The van der Waals surface area contributed by atoms with Crippen LogP contribution in [0.3, 0.4) is 0 Å². The monoisotopic (exact) mass is 198 g/mol. The maximum Gasteiger partial charge on any atom is 2.00 e. The third-order valence-electron chi connectivity index (χ3n) is 0. The number of hydrogen-bond acceptors (Lipinski definition) is 0. The molecule has 0 nitrogen and oxygen atoms in total. The van der Waals surface area contributed by atoms with Crippen molar-refractivity contribution in [2.75, 3.05) is 0 Å². The Balaban J connectivity index is 0. The van der Waals surface area contributed by atoms with Gasteiger partial charge in [0, 0.05) is 8.41 Å².